The van der Waals surface area contributed by atoms with E-state index in [0.29, 0.717) is 12.4 Å². The lowest BCUT2D eigenvalue weighted by Gasteiger charge is -2.16. The molecule has 0 aliphatic heterocycles. The van der Waals surface area contributed by atoms with E-state index in [1.165, 1.54) is 0 Å². The number of H-pyrrole nitrogens is 1. The Balaban J connectivity index is 2.49. The molecular weight excluding hydrogens is 320 g/mol. The number of hydrogen-bond donors (Lipinski definition) is 1. The van der Waals surface area contributed by atoms with E-state index in [9.17, 15) is 4.79 Å². The maximum atomic E-state index is 12.1. The van der Waals surface area contributed by atoms with Gasteiger partial charge in [-0.2, -0.15) is 0 Å². The topological polar surface area (TPSA) is 55.0 Å². The number of hydrogen-bond acceptors (Lipinski definition) is 3. The van der Waals surface area contributed by atoms with E-state index in [4.69, 9.17) is 4.74 Å². The summed E-state index contributed by atoms with van der Waals surface area (Å²) in [5.74, 6) is 0.215. The molecule has 0 bridgehead atoms. The Morgan fingerprint density at radius 1 is 1.45 bits per heavy atom. The Morgan fingerprint density at radius 3 is 2.75 bits per heavy atom. The molecule has 0 radical (unpaired) electrons. The summed E-state index contributed by atoms with van der Waals surface area (Å²) in [6.07, 6.45) is 0. The van der Waals surface area contributed by atoms with Gasteiger partial charge in [0, 0.05) is 4.47 Å². The lowest BCUT2D eigenvalue weighted by atomic mass is 9.95. The number of benzene rings is 1. The van der Waals surface area contributed by atoms with Crippen LogP contribution < -0.4 is 0 Å². The SMILES string of the molecule is CCOC(=O)C(c1nc2c(C)cc(Br)cc2[nH]1)C(C)C. The molecule has 2 aromatic rings. The van der Waals surface area contributed by atoms with Gasteiger partial charge in [-0.3, -0.25) is 4.79 Å². The standard InChI is InChI=1S/C15H19BrN2O2/c1-5-20-15(19)12(8(2)3)14-17-11-7-10(16)6-9(4)13(11)18-14/h6-8,12H,5H2,1-4H3,(H,17,18). The third-order valence-electron chi connectivity index (χ3n) is 3.26. The first kappa shape index (κ1) is 15.0. The van der Waals surface area contributed by atoms with Gasteiger partial charge in [0.1, 0.15) is 11.7 Å². The van der Waals surface area contributed by atoms with Crippen LogP contribution in [0, 0.1) is 12.8 Å². The van der Waals surface area contributed by atoms with E-state index >= 15 is 0 Å². The number of imidazole rings is 1. The zero-order valence-electron chi connectivity index (χ0n) is 12.2. The summed E-state index contributed by atoms with van der Waals surface area (Å²) in [6.45, 7) is 8.20. The molecule has 0 saturated carbocycles. The summed E-state index contributed by atoms with van der Waals surface area (Å²) >= 11 is 3.47. The molecule has 1 atom stereocenters. The number of aromatic nitrogens is 2. The molecule has 0 fully saturated rings. The molecule has 1 unspecified atom stereocenters. The van der Waals surface area contributed by atoms with Crippen molar-refractivity contribution < 1.29 is 9.53 Å². The summed E-state index contributed by atoms with van der Waals surface area (Å²) in [4.78, 5) is 20.0. The molecule has 0 saturated heterocycles. The van der Waals surface area contributed by atoms with Crippen LogP contribution in [0.5, 0.6) is 0 Å². The number of esters is 1. The predicted molar refractivity (Wildman–Crippen MR) is 82.7 cm³/mol. The molecule has 1 aromatic heterocycles. The molecule has 108 valence electrons. The van der Waals surface area contributed by atoms with Gasteiger partial charge in [0.05, 0.1) is 17.6 Å². The average Bonchev–Trinajstić information content (AvgIpc) is 2.72. The molecular formula is C15H19BrN2O2. The number of aryl methyl sites for hydroxylation is 1. The Bertz CT molecular complexity index is 634. The van der Waals surface area contributed by atoms with Crippen molar-refractivity contribution in [3.8, 4) is 0 Å². The number of aromatic amines is 1. The number of fused-ring (bicyclic) bond motifs is 1. The van der Waals surface area contributed by atoms with Crippen molar-refractivity contribution in [2.75, 3.05) is 6.61 Å². The minimum atomic E-state index is -0.361. The summed E-state index contributed by atoms with van der Waals surface area (Å²) < 4.78 is 6.16. The van der Waals surface area contributed by atoms with Crippen LogP contribution in [0.2, 0.25) is 0 Å². The minimum absolute atomic E-state index is 0.123. The van der Waals surface area contributed by atoms with Crippen LogP contribution in [0.3, 0.4) is 0 Å². The van der Waals surface area contributed by atoms with Crippen LogP contribution in [0.1, 0.15) is 38.1 Å². The van der Waals surface area contributed by atoms with Crippen LogP contribution in [-0.4, -0.2) is 22.5 Å². The zero-order chi connectivity index (χ0) is 14.9. The predicted octanol–water partition coefficient (Wildman–Crippen LogP) is 3.94. The number of nitrogens with one attached hydrogen (secondary N) is 1. The van der Waals surface area contributed by atoms with E-state index in [1.807, 2.05) is 39.8 Å². The van der Waals surface area contributed by atoms with Crippen molar-refractivity contribution in [3.63, 3.8) is 0 Å². The lowest BCUT2D eigenvalue weighted by Crippen LogP contribution is -2.22. The number of halogens is 1. The van der Waals surface area contributed by atoms with Crippen LogP contribution in [0.25, 0.3) is 11.0 Å². The van der Waals surface area contributed by atoms with E-state index in [2.05, 4.69) is 25.9 Å². The maximum Gasteiger partial charge on any atom is 0.316 e. The Labute approximate surface area is 127 Å². The lowest BCUT2D eigenvalue weighted by molar-refractivity contribution is -0.146. The fraction of sp³-hybridized carbons (Fsp3) is 0.467. The van der Waals surface area contributed by atoms with Crippen LogP contribution in [-0.2, 0) is 9.53 Å². The summed E-state index contributed by atoms with van der Waals surface area (Å²) in [7, 11) is 0. The highest BCUT2D eigenvalue weighted by atomic mass is 79.9. The molecule has 2 rings (SSSR count). The maximum absolute atomic E-state index is 12.1. The number of rotatable bonds is 4. The molecule has 0 amide bonds. The Hall–Kier alpha value is -1.36. The van der Waals surface area contributed by atoms with Gasteiger partial charge in [-0.1, -0.05) is 29.8 Å². The van der Waals surface area contributed by atoms with E-state index in [-0.39, 0.29) is 17.8 Å². The molecule has 0 spiro atoms. The van der Waals surface area contributed by atoms with Crippen molar-refractivity contribution in [3.05, 3.63) is 28.0 Å². The fourth-order valence-electron chi connectivity index (χ4n) is 2.34. The van der Waals surface area contributed by atoms with Gasteiger partial charge < -0.3 is 9.72 Å². The quantitative estimate of drug-likeness (QED) is 0.859. The molecule has 5 heteroatoms. The van der Waals surface area contributed by atoms with Crippen LogP contribution in [0.4, 0.5) is 0 Å². The molecule has 1 N–H and O–H groups in total. The third kappa shape index (κ3) is 2.87. The van der Waals surface area contributed by atoms with Crippen molar-refractivity contribution >= 4 is 32.9 Å². The largest absolute Gasteiger partial charge is 0.465 e. The Morgan fingerprint density at radius 2 is 2.15 bits per heavy atom. The fourth-order valence-corrected chi connectivity index (χ4v) is 2.92. The number of carbonyl (C=O) groups is 1. The molecule has 0 aliphatic rings. The summed E-state index contributed by atoms with van der Waals surface area (Å²) in [5.41, 5.74) is 2.91. The third-order valence-corrected chi connectivity index (χ3v) is 3.72. The second-order valence-electron chi connectivity index (χ2n) is 5.21. The van der Waals surface area contributed by atoms with Gasteiger partial charge in [0.15, 0.2) is 0 Å². The second kappa shape index (κ2) is 5.95. The average molecular weight is 339 g/mol. The van der Waals surface area contributed by atoms with Gasteiger partial charge in [0.25, 0.3) is 0 Å². The highest BCUT2D eigenvalue weighted by molar-refractivity contribution is 9.10. The van der Waals surface area contributed by atoms with E-state index < -0.39 is 0 Å². The second-order valence-corrected chi connectivity index (χ2v) is 6.13. The van der Waals surface area contributed by atoms with Gasteiger partial charge in [-0.25, -0.2) is 4.98 Å². The van der Waals surface area contributed by atoms with E-state index in [1.54, 1.807) is 0 Å². The molecule has 20 heavy (non-hydrogen) atoms. The first-order chi connectivity index (χ1) is 9.43. The first-order valence-electron chi connectivity index (χ1n) is 6.76. The summed E-state index contributed by atoms with van der Waals surface area (Å²) in [5, 5.41) is 0. The molecule has 4 nitrogen and oxygen atoms in total. The number of carbonyl (C=O) groups excluding carboxylic acids is 1. The zero-order valence-corrected chi connectivity index (χ0v) is 13.7. The monoisotopic (exact) mass is 338 g/mol. The highest BCUT2D eigenvalue weighted by Crippen LogP contribution is 2.28. The van der Waals surface area contributed by atoms with Crippen LogP contribution in [0.15, 0.2) is 16.6 Å². The van der Waals surface area contributed by atoms with Crippen LogP contribution >= 0.6 is 15.9 Å². The van der Waals surface area contributed by atoms with Gasteiger partial charge >= 0.3 is 5.97 Å². The first-order valence-corrected chi connectivity index (χ1v) is 7.55. The Kier molecular flexibility index (Phi) is 4.48. The summed E-state index contributed by atoms with van der Waals surface area (Å²) in [6, 6.07) is 3.99. The number of nitrogens with zero attached hydrogens (tertiary/aromatic N) is 1. The van der Waals surface area contributed by atoms with Crippen molar-refractivity contribution in [1.82, 2.24) is 9.97 Å². The van der Waals surface area contributed by atoms with Crippen molar-refractivity contribution in [2.24, 2.45) is 5.92 Å². The smallest absolute Gasteiger partial charge is 0.316 e. The van der Waals surface area contributed by atoms with Gasteiger partial charge in [0.2, 0.25) is 0 Å². The van der Waals surface area contributed by atoms with Gasteiger partial charge in [-0.15, -0.1) is 0 Å². The molecule has 1 aromatic carbocycles. The van der Waals surface area contributed by atoms with Crippen molar-refractivity contribution in [2.45, 2.75) is 33.6 Å². The van der Waals surface area contributed by atoms with Gasteiger partial charge in [-0.05, 0) is 37.5 Å². The molecule has 1 heterocycles. The van der Waals surface area contributed by atoms with Crippen molar-refractivity contribution in [1.29, 1.82) is 0 Å². The normalized spacial score (nSPS) is 12.9. The highest BCUT2D eigenvalue weighted by Gasteiger charge is 2.28. The number of ether oxygens (including phenoxy) is 1. The van der Waals surface area contributed by atoms with E-state index in [0.717, 1.165) is 21.1 Å². The molecule has 0 aliphatic carbocycles. The minimum Gasteiger partial charge on any atom is -0.465 e.